The number of aromatic nitrogens is 1. The number of benzene rings is 4. The Morgan fingerprint density at radius 1 is 0.872 bits per heavy atom. The molecular weight excluding hydrogens is 500 g/mol. The molecule has 0 unspecified atom stereocenters. The molecule has 0 saturated heterocycles. The molecule has 0 bridgehead atoms. The quantitative estimate of drug-likeness (QED) is 0.222. The molecule has 0 radical (unpaired) electrons. The second kappa shape index (κ2) is 10.9. The number of anilines is 3. The van der Waals surface area contributed by atoms with E-state index in [2.05, 4.69) is 117 Å². The summed E-state index contributed by atoms with van der Waals surface area (Å²) in [6.45, 7) is 1.15. The Balaban J connectivity index is 1.21. The summed E-state index contributed by atoms with van der Waals surface area (Å²) in [5, 5.41) is 4.45. The highest BCUT2D eigenvalue weighted by atomic mass is 32.2. The first-order valence-corrected chi connectivity index (χ1v) is 14.1. The molecule has 1 aliphatic rings. The molecule has 6 rings (SSSR count). The number of carbonyl (C=O) groups is 1. The van der Waals surface area contributed by atoms with Gasteiger partial charge in [0.25, 0.3) is 0 Å². The SMILES string of the molecule is CN(C)c1ccc([C@@H](CNC(=O)CCN2c3ccccc3Sc3ccccc32)c2c[nH]c3ccccc23)cc1. The zero-order chi connectivity index (χ0) is 26.8. The van der Waals surface area contributed by atoms with Crippen molar-refractivity contribution in [2.45, 2.75) is 22.1 Å². The average Bonchev–Trinajstić information content (AvgIpc) is 3.39. The van der Waals surface area contributed by atoms with Gasteiger partial charge in [-0.05, 0) is 53.6 Å². The van der Waals surface area contributed by atoms with Crippen molar-refractivity contribution in [1.82, 2.24) is 10.3 Å². The molecule has 5 aromatic rings. The van der Waals surface area contributed by atoms with Crippen LogP contribution in [0.15, 0.2) is 113 Å². The van der Waals surface area contributed by atoms with Crippen LogP contribution in [-0.4, -0.2) is 38.1 Å². The lowest BCUT2D eigenvalue weighted by molar-refractivity contribution is -0.120. The van der Waals surface area contributed by atoms with E-state index in [4.69, 9.17) is 0 Å². The van der Waals surface area contributed by atoms with E-state index in [0.717, 1.165) is 22.6 Å². The van der Waals surface area contributed by atoms with Crippen LogP contribution in [0, 0.1) is 0 Å². The number of hydrogen-bond acceptors (Lipinski definition) is 4. The fraction of sp³-hybridized carbons (Fsp3) is 0.182. The minimum Gasteiger partial charge on any atom is -0.378 e. The summed E-state index contributed by atoms with van der Waals surface area (Å²) in [5.41, 5.74) is 6.95. The fourth-order valence-corrected chi connectivity index (χ4v) is 6.43. The maximum absolute atomic E-state index is 13.3. The van der Waals surface area contributed by atoms with Crippen molar-refractivity contribution in [3.63, 3.8) is 0 Å². The topological polar surface area (TPSA) is 51.4 Å². The predicted molar refractivity (Wildman–Crippen MR) is 163 cm³/mol. The highest BCUT2D eigenvalue weighted by Crippen LogP contribution is 2.47. The standard InChI is InChI=1S/C33H32N4OS/c1-36(2)24-17-15-23(16-18-24)26(27-22-34-28-10-4-3-9-25(27)28)21-35-33(38)19-20-37-29-11-5-7-13-31(29)39-32-14-8-6-12-30(32)37/h3-18,22,26,34H,19-21H2,1-2H3,(H,35,38)/t26-/m1/s1. The van der Waals surface area contributed by atoms with E-state index < -0.39 is 0 Å². The molecule has 196 valence electrons. The Hall–Kier alpha value is -4.16. The van der Waals surface area contributed by atoms with Crippen molar-refractivity contribution in [2.24, 2.45) is 0 Å². The Morgan fingerprint density at radius 2 is 1.51 bits per heavy atom. The van der Waals surface area contributed by atoms with Gasteiger partial charge in [-0.2, -0.15) is 0 Å². The zero-order valence-electron chi connectivity index (χ0n) is 22.2. The molecular formula is C33H32N4OS. The van der Waals surface area contributed by atoms with Gasteiger partial charge in [0.15, 0.2) is 0 Å². The van der Waals surface area contributed by atoms with Gasteiger partial charge in [0, 0.05) is 72.1 Å². The minimum atomic E-state index is 0.0363. The van der Waals surface area contributed by atoms with Crippen LogP contribution in [0.5, 0.6) is 0 Å². The largest absolute Gasteiger partial charge is 0.378 e. The molecule has 2 heterocycles. The molecule has 5 nitrogen and oxygen atoms in total. The summed E-state index contributed by atoms with van der Waals surface area (Å²) >= 11 is 1.79. The number of nitrogens with one attached hydrogen (secondary N) is 2. The number of nitrogens with zero attached hydrogens (tertiary/aromatic N) is 2. The van der Waals surface area contributed by atoms with Crippen LogP contribution in [0.2, 0.25) is 0 Å². The number of amides is 1. The molecule has 39 heavy (non-hydrogen) atoms. The van der Waals surface area contributed by atoms with E-state index >= 15 is 0 Å². The number of fused-ring (bicyclic) bond motifs is 3. The monoisotopic (exact) mass is 532 g/mol. The average molecular weight is 533 g/mol. The van der Waals surface area contributed by atoms with Crippen LogP contribution in [-0.2, 0) is 4.79 Å². The van der Waals surface area contributed by atoms with Crippen LogP contribution in [0.3, 0.4) is 0 Å². The lowest BCUT2D eigenvalue weighted by Crippen LogP contribution is -2.32. The van der Waals surface area contributed by atoms with Gasteiger partial charge >= 0.3 is 0 Å². The van der Waals surface area contributed by atoms with Crippen LogP contribution >= 0.6 is 11.8 Å². The number of H-pyrrole nitrogens is 1. The van der Waals surface area contributed by atoms with Crippen LogP contribution < -0.4 is 15.1 Å². The number of rotatable bonds is 8. The summed E-state index contributed by atoms with van der Waals surface area (Å²) in [6.07, 6.45) is 2.49. The summed E-state index contributed by atoms with van der Waals surface area (Å²) in [4.78, 5) is 23.5. The lowest BCUT2D eigenvalue weighted by atomic mass is 9.90. The maximum Gasteiger partial charge on any atom is 0.221 e. The van der Waals surface area contributed by atoms with Crippen molar-refractivity contribution >= 4 is 45.6 Å². The minimum absolute atomic E-state index is 0.0363. The van der Waals surface area contributed by atoms with Crippen LogP contribution in [0.25, 0.3) is 10.9 Å². The van der Waals surface area contributed by atoms with E-state index in [9.17, 15) is 4.79 Å². The molecule has 1 amide bonds. The normalized spacial score (nSPS) is 13.0. The smallest absolute Gasteiger partial charge is 0.221 e. The third kappa shape index (κ3) is 5.12. The highest BCUT2D eigenvalue weighted by Gasteiger charge is 2.24. The third-order valence-electron chi connectivity index (χ3n) is 7.41. The Kier molecular flexibility index (Phi) is 7.03. The lowest BCUT2D eigenvalue weighted by Gasteiger charge is -2.32. The summed E-state index contributed by atoms with van der Waals surface area (Å²) in [7, 11) is 4.09. The second-order valence-corrected chi connectivity index (χ2v) is 11.2. The second-order valence-electron chi connectivity index (χ2n) is 10.1. The Bertz CT molecular complexity index is 1560. The molecule has 0 fully saturated rings. The Labute approximate surface area is 233 Å². The molecule has 6 heteroatoms. The molecule has 0 spiro atoms. The van der Waals surface area contributed by atoms with E-state index in [-0.39, 0.29) is 11.8 Å². The van der Waals surface area contributed by atoms with E-state index in [0.29, 0.717) is 19.5 Å². The van der Waals surface area contributed by atoms with Crippen molar-refractivity contribution in [3.8, 4) is 0 Å². The first-order chi connectivity index (χ1) is 19.1. The molecule has 1 aromatic heterocycles. The number of hydrogen-bond donors (Lipinski definition) is 2. The summed E-state index contributed by atoms with van der Waals surface area (Å²) < 4.78 is 0. The van der Waals surface area contributed by atoms with Crippen LogP contribution in [0.1, 0.15) is 23.5 Å². The third-order valence-corrected chi connectivity index (χ3v) is 8.54. The first kappa shape index (κ1) is 25.1. The van der Waals surface area contributed by atoms with E-state index in [1.165, 1.54) is 26.3 Å². The molecule has 1 atom stereocenters. The van der Waals surface area contributed by atoms with Crippen LogP contribution in [0.4, 0.5) is 17.1 Å². The van der Waals surface area contributed by atoms with Crippen molar-refractivity contribution in [1.29, 1.82) is 0 Å². The van der Waals surface area contributed by atoms with E-state index in [1.54, 1.807) is 11.8 Å². The number of para-hydroxylation sites is 3. The molecule has 0 saturated carbocycles. The predicted octanol–water partition coefficient (Wildman–Crippen LogP) is 7.18. The van der Waals surface area contributed by atoms with Gasteiger partial charge in [-0.25, -0.2) is 0 Å². The molecule has 2 N–H and O–H groups in total. The molecule has 4 aromatic carbocycles. The number of carbonyl (C=O) groups excluding carboxylic acids is 1. The maximum atomic E-state index is 13.3. The van der Waals surface area contributed by atoms with Gasteiger partial charge in [0.1, 0.15) is 0 Å². The van der Waals surface area contributed by atoms with Gasteiger partial charge < -0.3 is 20.1 Å². The highest BCUT2D eigenvalue weighted by molar-refractivity contribution is 7.99. The van der Waals surface area contributed by atoms with Gasteiger partial charge in [0.2, 0.25) is 5.91 Å². The zero-order valence-corrected chi connectivity index (χ0v) is 23.0. The summed E-state index contributed by atoms with van der Waals surface area (Å²) in [6, 6.07) is 33.8. The fourth-order valence-electron chi connectivity index (χ4n) is 5.33. The van der Waals surface area contributed by atoms with Gasteiger partial charge in [-0.1, -0.05) is 66.4 Å². The van der Waals surface area contributed by atoms with Crippen molar-refractivity contribution < 1.29 is 4.79 Å². The van der Waals surface area contributed by atoms with Crippen molar-refractivity contribution in [2.75, 3.05) is 37.0 Å². The Morgan fingerprint density at radius 3 is 2.21 bits per heavy atom. The molecule has 0 aliphatic carbocycles. The van der Waals surface area contributed by atoms with Gasteiger partial charge in [-0.15, -0.1) is 0 Å². The van der Waals surface area contributed by atoms with Gasteiger partial charge in [0.05, 0.1) is 11.4 Å². The van der Waals surface area contributed by atoms with Gasteiger partial charge in [-0.3, -0.25) is 4.79 Å². The molecule has 1 aliphatic heterocycles. The van der Waals surface area contributed by atoms with Crippen molar-refractivity contribution in [3.05, 3.63) is 114 Å². The first-order valence-electron chi connectivity index (χ1n) is 13.3. The summed E-state index contributed by atoms with van der Waals surface area (Å²) in [5.74, 6) is 0.0899. The van der Waals surface area contributed by atoms with E-state index in [1.807, 2.05) is 20.2 Å². The number of aromatic amines is 1.